The van der Waals surface area contributed by atoms with Crippen molar-refractivity contribution in [3.8, 4) is 11.8 Å². The fraction of sp³-hybridized carbons (Fsp3) is 0.304. The molecule has 2 saturated heterocycles. The van der Waals surface area contributed by atoms with Gasteiger partial charge in [-0.25, -0.2) is 4.39 Å². The van der Waals surface area contributed by atoms with E-state index in [-0.39, 0.29) is 22.2 Å². The van der Waals surface area contributed by atoms with Crippen LogP contribution in [0.3, 0.4) is 0 Å². The average Bonchev–Trinajstić information content (AvgIpc) is 3.07. The van der Waals surface area contributed by atoms with Crippen LogP contribution in [0.15, 0.2) is 48.5 Å². The molecule has 154 valence electrons. The van der Waals surface area contributed by atoms with E-state index in [0.717, 1.165) is 54.8 Å². The lowest BCUT2D eigenvalue weighted by Crippen LogP contribution is -2.46. The summed E-state index contributed by atoms with van der Waals surface area (Å²) in [7, 11) is 0. The Labute approximate surface area is 179 Å². The topological polar surface area (TPSA) is 52.7 Å². The molecule has 2 fully saturated rings. The highest BCUT2D eigenvalue weighted by Crippen LogP contribution is 2.23. The smallest absolute Gasteiger partial charge is 0.286 e. The molecule has 4 rings (SSSR count). The summed E-state index contributed by atoms with van der Waals surface area (Å²) in [6, 6.07) is 14.5. The molecule has 2 heterocycles. The summed E-state index contributed by atoms with van der Waals surface area (Å²) in [6.45, 7) is 4.35. The van der Waals surface area contributed by atoms with Crippen LogP contribution in [0.25, 0.3) is 0 Å². The maximum atomic E-state index is 13.1. The second-order valence-electron chi connectivity index (χ2n) is 7.33. The van der Waals surface area contributed by atoms with Crippen LogP contribution in [-0.2, 0) is 11.2 Å². The molecule has 5 nitrogen and oxygen atoms in total. The SMILES string of the molecule is O=C1NC(=O)C(Cc2ccc(C#CCN3CCN(c4ccc(F)cc4)CC3)cc2)S1. The molecule has 1 unspecified atom stereocenters. The largest absolute Gasteiger partial charge is 0.369 e. The molecular weight excluding hydrogens is 401 g/mol. The van der Waals surface area contributed by atoms with Gasteiger partial charge in [0.05, 0.1) is 11.8 Å². The normalized spacial score (nSPS) is 19.4. The van der Waals surface area contributed by atoms with Gasteiger partial charge >= 0.3 is 0 Å². The summed E-state index contributed by atoms with van der Waals surface area (Å²) in [5, 5.41) is 1.70. The van der Waals surface area contributed by atoms with Crippen molar-refractivity contribution < 1.29 is 14.0 Å². The third kappa shape index (κ3) is 5.21. The summed E-state index contributed by atoms with van der Waals surface area (Å²) in [5.41, 5.74) is 3.00. The van der Waals surface area contributed by atoms with Gasteiger partial charge in [0.2, 0.25) is 5.91 Å². The number of benzene rings is 2. The van der Waals surface area contributed by atoms with Crippen molar-refractivity contribution in [2.75, 3.05) is 37.6 Å². The summed E-state index contributed by atoms with van der Waals surface area (Å²) in [5.74, 6) is 6.00. The highest BCUT2D eigenvalue weighted by atomic mass is 32.2. The quantitative estimate of drug-likeness (QED) is 0.767. The maximum Gasteiger partial charge on any atom is 0.286 e. The van der Waals surface area contributed by atoms with Gasteiger partial charge in [-0.3, -0.25) is 19.8 Å². The van der Waals surface area contributed by atoms with Crippen molar-refractivity contribution >= 4 is 28.6 Å². The first kappa shape index (κ1) is 20.5. The van der Waals surface area contributed by atoms with Crippen LogP contribution < -0.4 is 10.2 Å². The van der Waals surface area contributed by atoms with E-state index in [9.17, 15) is 14.0 Å². The van der Waals surface area contributed by atoms with Crippen LogP contribution in [0.1, 0.15) is 11.1 Å². The lowest BCUT2D eigenvalue weighted by atomic mass is 10.1. The second-order valence-corrected chi connectivity index (χ2v) is 8.50. The predicted octanol–water partition coefficient (Wildman–Crippen LogP) is 2.89. The van der Waals surface area contributed by atoms with Crippen molar-refractivity contribution in [3.63, 3.8) is 0 Å². The summed E-state index contributed by atoms with van der Waals surface area (Å²) >= 11 is 1.05. The Morgan fingerprint density at radius 2 is 1.70 bits per heavy atom. The van der Waals surface area contributed by atoms with Crippen LogP contribution in [-0.4, -0.2) is 54.0 Å². The second kappa shape index (κ2) is 9.33. The number of thioether (sulfide) groups is 1. The third-order valence-electron chi connectivity index (χ3n) is 5.24. The Kier molecular flexibility index (Phi) is 6.36. The molecule has 2 aromatic rings. The van der Waals surface area contributed by atoms with E-state index in [2.05, 4.69) is 27.0 Å². The molecule has 0 saturated carbocycles. The van der Waals surface area contributed by atoms with Gasteiger partial charge in [-0.05, 0) is 48.4 Å². The van der Waals surface area contributed by atoms with Gasteiger partial charge in [0.1, 0.15) is 5.82 Å². The highest BCUT2D eigenvalue weighted by Gasteiger charge is 2.31. The van der Waals surface area contributed by atoms with E-state index < -0.39 is 0 Å². The first-order chi connectivity index (χ1) is 14.6. The number of carbonyl (C=O) groups excluding carboxylic acids is 2. The van der Waals surface area contributed by atoms with Crippen molar-refractivity contribution in [1.82, 2.24) is 10.2 Å². The number of piperazine rings is 1. The third-order valence-corrected chi connectivity index (χ3v) is 6.22. The maximum absolute atomic E-state index is 13.1. The Bertz CT molecular complexity index is 974. The van der Waals surface area contributed by atoms with Gasteiger partial charge in [0.15, 0.2) is 0 Å². The molecule has 0 aromatic heterocycles. The van der Waals surface area contributed by atoms with Crippen LogP contribution >= 0.6 is 11.8 Å². The molecule has 2 aliphatic heterocycles. The number of imide groups is 1. The molecule has 1 atom stereocenters. The fourth-order valence-corrected chi connectivity index (χ4v) is 4.40. The Balaban J connectivity index is 1.24. The van der Waals surface area contributed by atoms with E-state index in [4.69, 9.17) is 0 Å². The number of nitrogens with zero attached hydrogens (tertiary/aromatic N) is 2. The van der Waals surface area contributed by atoms with Gasteiger partial charge in [0.25, 0.3) is 5.24 Å². The molecule has 0 radical (unpaired) electrons. The van der Waals surface area contributed by atoms with Crippen LogP contribution in [0.4, 0.5) is 14.9 Å². The minimum absolute atomic E-state index is 0.210. The zero-order valence-corrected chi connectivity index (χ0v) is 17.3. The lowest BCUT2D eigenvalue weighted by Gasteiger charge is -2.35. The number of nitrogens with one attached hydrogen (secondary N) is 1. The van der Waals surface area contributed by atoms with Crippen molar-refractivity contribution in [1.29, 1.82) is 0 Å². The van der Waals surface area contributed by atoms with E-state index in [1.807, 2.05) is 36.4 Å². The monoisotopic (exact) mass is 423 g/mol. The molecule has 30 heavy (non-hydrogen) atoms. The van der Waals surface area contributed by atoms with E-state index in [1.54, 1.807) is 0 Å². The molecule has 0 spiro atoms. The first-order valence-electron chi connectivity index (χ1n) is 9.89. The highest BCUT2D eigenvalue weighted by molar-refractivity contribution is 8.15. The molecular formula is C23H22FN3O2S. The van der Waals surface area contributed by atoms with Gasteiger partial charge in [-0.2, -0.15) is 0 Å². The number of hydrogen-bond acceptors (Lipinski definition) is 5. The van der Waals surface area contributed by atoms with Crippen molar-refractivity contribution in [3.05, 3.63) is 65.5 Å². The fourth-order valence-electron chi connectivity index (χ4n) is 3.54. The predicted molar refractivity (Wildman–Crippen MR) is 117 cm³/mol. The molecule has 2 amide bonds. The minimum Gasteiger partial charge on any atom is -0.369 e. The molecule has 0 aliphatic carbocycles. The van der Waals surface area contributed by atoms with E-state index in [0.29, 0.717) is 13.0 Å². The Morgan fingerprint density at radius 3 is 2.33 bits per heavy atom. The van der Waals surface area contributed by atoms with Crippen LogP contribution in [0.5, 0.6) is 0 Å². The molecule has 2 aliphatic rings. The molecule has 1 N–H and O–H groups in total. The number of amides is 2. The van der Waals surface area contributed by atoms with Gasteiger partial charge in [-0.15, -0.1) is 0 Å². The van der Waals surface area contributed by atoms with E-state index in [1.165, 1.54) is 12.1 Å². The lowest BCUT2D eigenvalue weighted by molar-refractivity contribution is -0.118. The number of hydrogen-bond donors (Lipinski definition) is 1. The zero-order chi connectivity index (χ0) is 20.9. The number of carbonyl (C=O) groups is 2. The van der Waals surface area contributed by atoms with Crippen molar-refractivity contribution in [2.45, 2.75) is 11.7 Å². The summed E-state index contributed by atoms with van der Waals surface area (Å²) in [4.78, 5) is 27.5. The van der Waals surface area contributed by atoms with Gasteiger partial charge in [-0.1, -0.05) is 35.7 Å². The Morgan fingerprint density at radius 1 is 1.00 bits per heavy atom. The average molecular weight is 424 g/mol. The minimum atomic E-state index is -0.344. The van der Waals surface area contributed by atoms with E-state index >= 15 is 0 Å². The standard InChI is InChI=1S/C23H22FN3O2S/c24-19-7-9-20(10-8-19)27-14-12-26(13-15-27)11-1-2-17-3-5-18(6-4-17)16-21-22(28)25-23(29)30-21/h3-10,21H,11-16H2,(H,25,28,29). The van der Waals surface area contributed by atoms with Crippen LogP contribution in [0.2, 0.25) is 0 Å². The number of rotatable bonds is 4. The first-order valence-corrected chi connectivity index (χ1v) is 10.8. The number of halogens is 1. The Hall–Kier alpha value is -2.82. The summed E-state index contributed by atoms with van der Waals surface area (Å²) in [6.07, 6.45) is 0.536. The summed E-state index contributed by atoms with van der Waals surface area (Å²) < 4.78 is 13.1. The number of anilines is 1. The van der Waals surface area contributed by atoms with Crippen molar-refractivity contribution in [2.24, 2.45) is 0 Å². The van der Waals surface area contributed by atoms with Gasteiger partial charge < -0.3 is 4.90 Å². The van der Waals surface area contributed by atoms with Crippen LogP contribution in [0, 0.1) is 17.7 Å². The molecule has 7 heteroatoms. The zero-order valence-electron chi connectivity index (χ0n) is 16.4. The molecule has 0 bridgehead atoms. The van der Waals surface area contributed by atoms with Gasteiger partial charge in [0, 0.05) is 37.4 Å². The molecule has 2 aromatic carbocycles.